The number of azo groups is 1. The average molecular weight is 598 g/mol. The fourth-order valence-electron chi connectivity index (χ4n) is 3.84. The van der Waals surface area contributed by atoms with Crippen LogP contribution < -0.4 is 16.3 Å². The smallest absolute Gasteiger partial charge is 0.351 e. The Balaban J connectivity index is 1.77. The molecule has 0 radical (unpaired) electrons. The summed E-state index contributed by atoms with van der Waals surface area (Å²) in [7, 11) is -3.53. The van der Waals surface area contributed by atoms with E-state index in [2.05, 4.69) is 35.8 Å². The lowest BCUT2D eigenvalue weighted by molar-refractivity contribution is -0.137. The van der Waals surface area contributed by atoms with Gasteiger partial charge in [0.1, 0.15) is 16.3 Å². The lowest BCUT2D eigenvalue weighted by Gasteiger charge is -2.14. The Morgan fingerprint density at radius 3 is 2.50 bits per heavy atom. The molecule has 6 N–H and O–H groups in total. The summed E-state index contributed by atoms with van der Waals surface area (Å²) >= 11 is 0. The lowest BCUT2D eigenvalue weighted by Crippen LogP contribution is -2.18. The number of phenols is 1. The van der Waals surface area contributed by atoms with Crippen molar-refractivity contribution in [1.29, 1.82) is 0 Å². The number of hydrogen-bond donors (Lipinski definition) is 6. The first-order chi connectivity index (χ1) is 20.0. The van der Waals surface area contributed by atoms with E-state index in [4.69, 9.17) is 9.84 Å². The van der Waals surface area contributed by atoms with Crippen molar-refractivity contribution in [1.82, 2.24) is 15.0 Å². The predicted molar refractivity (Wildman–Crippen MR) is 149 cm³/mol. The number of H-pyrrole nitrogens is 1. The Kier molecular flexibility index (Phi) is 8.73. The van der Waals surface area contributed by atoms with Crippen LogP contribution in [0.25, 0.3) is 10.8 Å². The molecule has 0 unspecified atom stereocenters. The maximum atomic E-state index is 12.1. The summed E-state index contributed by atoms with van der Waals surface area (Å²) in [4.78, 5) is 44.5. The molecule has 4 rings (SSSR count). The molecular weight excluding hydrogens is 574 g/mol. The van der Waals surface area contributed by atoms with Crippen molar-refractivity contribution < 1.29 is 37.5 Å². The standard InChI is InChI=1S/C25H23N7O9S/c1-41-22(36)13-5-2-3-6-15(13)31-32-17-9-8-14-18(42(38,39)40)11-10-16(20(14)21(17)35)27-24-28-23(29-25(37)30-24)26-12-4-7-19(33)34/h2-3,5-6,8-11,35H,4,7,12H2,1H3,(H,33,34)(H,38,39,40)(H3,26,27,28,29,30,37). The minimum atomic E-state index is -4.73. The number of carboxylic acid groups (broad SMARTS) is 1. The number of rotatable bonds is 11. The second-order valence-electron chi connectivity index (χ2n) is 8.53. The SMILES string of the molecule is COC(=O)c1ccccc1N=Nc1ccc2c(S(=O)(=O)O)ccc(Nc3nc(NCCCC(=O)O)nc(=O)[nH]3)c2c1O. The molecule has 0 saturated heterocycles. The van der Waals surface area contributed by atoms with Crippen molar-refractivity contribution in [3.8, 4) is 5.75 Å². The molecule has 0 bridgehead atoms. The van der Waals surface area contributed by atoms with Gasteiger partial charge >= 0.3 is 17.6 Å². The summed E-state index contributed by atoms with van der Waals surface area (Å²) in [6.07, 6.45) is 0.131. The summed E-state index contributed by atoms with van der Waals surface area (Å²) in [5.74, 6) is -2.48. The number of carboxylic acids is 1. The van der Waals surface area contributed by atoms with E-state index in [1.54, 1.807) is 12.1 Å². The van der Waals surface area contributed by atoms with Crippen molar-refractivity contribution in [3.63, 3.8) is 0 Å². The van der Waals surface area contributed by atoms with Gasteiger partial charge in [-0.25, -0.2) is 9.59 Å². The van der Waals surface area contributed by atoms with E-state index in [0.717, 1.165) is 6.07 Å². The first-order valence-electron chi connectivity index (χ1n) is 12.0. The number of esters is 1. The van der Waals surface area contributed by atoms with Gasteiger partial charge in [-0.05, 0) is 36.8 Å². The molecule has 0 saturated carbocycles. The largest absolute Gasteiger partial charge is 0.505 e. The van der Waals surface area contributed by atoms with Gasteiger partial charge in [0.15, 0.2) is 5.75 Å². The Morgan fingerprint density at radius 1 is 1.05 bits per heavy atom. The lowest BCUT2D eigenvalue weighted by atomic mass is 10.1. The van der Waals surface area contributed by atoms with E-state index >= 15 is 0 Å². The molecule has 0 aliphatic rings. The van der Waals surface area contributed by atoms with E-state index in [0.29, 0.717) is 0 Å². The average Bonchev–Trinajstić information content (AvgIpc) is 2.93. The molecule has 0 atom stereocenters. The molecular formula is C25H23N7O9S. The number of aliphatic carboxylic acids is 1. The van der Waals surface area contributed by atoms with E-state index in [9.17, 15) is 32.5 Å². The van der Waals surface area contributed by atoms with Gasteiger partial charge in [0, 0.05) is 18.4 Å². The van der Waals surface area contributed by atoms with Crippen molar-refractivity contribution in [2.45, 2.75) is 17.7 Å². The summed E-state index contributed by atoms with van der Waals surface area (Å²) < 4.78 is 38.6. The van der Waals surface area contributed by atoms with Crippen LogP contribution in [0.5, 0.6) is 5.75 Å². The van der Waals surface area contributed by atoms with Gasteiger partial charge in [-0.3, -0.25) is 14.3 Å². The number of benzene rings is 3. The number of ether oxygens (including phenoxy) is 1. The number of aromatic amines is 1. The minimum absolute atomic E-state index is 0.0492. The van der Waals surface area contributed by atoms with Crippen molar-refractivity contribution >= 4 is 61.8 Å². The molecule has 0 fully saturated rings. The highest BCUT2D eigenvalue weighted by Crippen LogP contribution is 2.42. The third kappa shape index (κ3) is 6.83. The molecule has 0 aliphatic heterocycles. The van der Waals surface area contributed by atoms with Crippen LogP contribution in [0.15, 0.2) is 68.4 Å². The number of nitrogens with zero attached hydrogens (tertiary/aromatic N) is 4. The third-order valence-electron chi connectivity index (χ3n) is 5.70. The Bertz CT molecular complexity index is 1870. The molecule has 218 valence electrons. The number of phenolic OH excluding ortho intramolecular Hbond substituents is 1. The van der Waals surface area contributed by atoms with Crippen molar-refractivity contribution in [2.24, 2.45) is 10.2 Å². The van der Waals surface area contributed by atoms with Crippen LogP contribution in [-0.4, -0.2) is 63.7 Å². The Labute approximate surface area is 236 Å². The number of aromatic hydroxyl groups is 1. The summed E-state index contributed by atoms with van der Waals surface area (Å²) in [5.41, 5.74) is -0.645. The van der Waals surface area contributed by atoms with Gasteiger partial charge in [-0.2, -0.15) is 18.4 Å². The van der Waals surface area contributed by atoms with Crippen LogP contribution in [0.4, 0.5) is 29.0 Å². The van der Waals surface area contributed by atoms with Gasteiger partial charge in [-0.1, -0.05) is 18.2 Å². The second-order valence-corrected chi connectivity index (χ2v) is 9.92. The molecule has 0 spiro atoms. The summed E-state index contributed by atoms with van der Waals surface area (Å²) in [5, 5.41) is 33.3. The molecule has 17 heteroatoms. The molecule has 4 aromatic rings. The number of carbonyl (C=O) groups excluding carboxylic acids is 1. The van der Waals surface area contributed by atoms with E-state index in [-0.39, 0.29) is 64.7 Å². The summed E-state index contributed by atoms with van der Waals surface area (Å²) in [6.45, 7) is 0.162. The van der Waals surface area contributed by atoms with Gasteiger partial charge in [0.05, 0.1) is 23.7 Å². The number of nitrogens with one attached hydrogen (secondary N) is 3. The number of carbonyl (C=O) groups is 2. The molecule has 3 aromatic carbocycles. The van der Waals surface area contributed by atoms with E-state index < -0.39 is 38.4 Å². The predicted octanol–water partition coefficient (Wildman–Crippen LogP) is 3.49. The number of methoxy groups -OCH3 is 1. The zero-order valence-corrected chi connectivity index (χ0v) is 22.5. The highest BCUT2D eigenvalue weighted by Gasteiger charge is 2.21. The molecule has 16 nitrogen and oxygen atoms in total. The fourth-order valence-corrected chi connectivity index (χ4v) is 4.53. The summed E-state index contributed by atoms with van der Waals surface area (Å²) in [6, 6.07) is 11.0. The van der Waals surface area contributed by atoms with E-state index in [1.165, 1.54) is 37.4 Å². The van der Waals surface area contributed by atoms with E-state index in [1.807, 2.05) is 0 Å². The fraction of sp³-hybridized carbons (Fsp3) is 0.160. The van der Waals surface area contributed by atoms with Crippen LogP contribution >= 0.6 is 0 Å². The minimum Gasteiger partial charge on any atom is -0.505 e. The van der Waals surface area contributed by atoms with Crippen molar-refractivity contribution in [3.05, 3.63) is 64.6 Å². The Morgan fingerprint density at radius 2 is 1.79 bits per heavy atom. The van der Waals surface area contributed by atoms with Crippen LogP contribution in [-0.2, 0) is 19.6 Å². The number of hydrogen-bond acceptors (Lipinski definition) is 13. The Hall–Kier alpha value is -5.42. The van der Waals surface area contributed by atoms with Crippen molar-refractivity contribution in [2.75, 3.05) is 24.3 Å². The monoisotopic (exact) mass is 597 g/mol. The molecule has 42 heavy (non-hydrogen) atoms. The maximum Gasteiger partial charge on any atom is 0.351 e. The molecule has 1 heterocycles. The first-order valence-corrected chi connectivity index (χ1v) is 13.5. The van der Waals surface area contributed by atoms with Gasteiger partial charge in [-0.15, -0.1) is 10.2 Å². The zero-order valence-electron chi connectivity index (χ0n) is 21.7. The van der Waals surface area contributed by atoms with Crippen LogP contribution in [0.2, 0.25) is 0 Å². The maximum absolute atomic E-state index is 12.1. The topological polar surface area (TPSA) is 246 Å². The number of anilines is 3. The second kappa shape index (κ2) is 12.4. The number of aromatic nitrogens is 3. The quantitative estimate of drug-likeness (QED) is 0.0628. The normalized spacial score (nSPS) is 11.5. The molecule has 0 amide bonds. The van der Waals surface area contributed by atoms with Gasteiger partial charge in [0.25, 0.3) is 10.1 Å². The number of fused-ring (bicyclic) bond motifs is 1. The highest BCUT2D eigenvalue weighted by molar-refractivity contribution is 7.86. The highest BCUT2D eigenvalue weighted by atomic mass is 32.2. The molecule has 1 aromatic heterocycles. The molecule has 0 aliphatic carbocycles. The zero-order chi connectivity index (χ0) is 30.4. The van der Waals surface area contributed by atoms with Crippen LogP contribution in [0.3, 0.4) is 0 Å². The van der Waals surface area contributed by atoms with Gasteiger partial charge in [0.2, 0.25) is 11.9 Å². The van der Waals surface area contributed by atoms with Gasteiger partial charge < -0.3 is 25.6 Å². The van der Waals surface area contributed by atoms with Crippen LogP contribution in [0, 0.1) is 0 Å². The third-order valence-corrected chi connectivity index (χ3v) is 6.61. The first kappa shape index (κ1) is 29.6. The van der Waals surface area contributed by atoms with Crippen LogP contribution in [0.1, 0.15) is 23.2 Å².